The van der Waals surface area contributed by atoms with Gasteiger partial charge in [0.05, 0.1) is 6.54 Å². The van der Waals surface area contributed by atoms with Crippen LogP contribution in [0, 0.1) is 0 Å². The van der Waals surface area contributed by atoms with E-state index in [0.29, 0.717) is 25.6 Å². The highest BCUT2D eigenvalue weighted by molar-refractivity contribution is 5.98. The third-order valence-corrected chi connectivity index (χ3v) is 8.53. The quantitative estimate of drug-likeness (QED) is 0.374. The summed E-state index contributed by atoms with van der Waals surface area (Å²) in [6.45, 7) is 7.63. The normalized spacial score (nSPS) is 20.0. The summed E-state index contributed by atoms with van der Waals surface area (Å²) < 4.78 is 11.2. The van der Waals surface area contributed by atoms with Crippen LogP contribution in [0.1, 0.15) is 66.4 Å². The Morgan fingerprint density at radius 2 is 1.82 bits per heavy atom. The van der Waals surface area contributed by atoms with Crippen molar-refractivity contribution in [2.45, 2.75) is 57.5 Å². The molecule has 3 aliphatic heterocycles. The van der Waals surface area contributed by atoms with E-state index in [2.05, 4.69) is 47.9 Å². The fourth-order valence-corrected chi connectivity index (χ4v) is 6.25. The van der Waals surface area contributed by atoms with Crippen molar-refractivity contribution < 1.29 is 19.1 Å². The maximum Gasteiger partial charge on any atom is 0.254 e. The lowest BCUT2D eigenvalue weighted by atomic mass is 9.95. The van der Waals surface area contributed by atoms with Gasteiger partial charge in [0.15, 0.2) is 11.5 Å². The van der Waals surface area contributed by atoms with Gasteiger partial charge in [-0.1, -0.05) is 37.6 Å². The molecule has 2 atom stereocenters. The molecule has 0 unspecified atom stereocenters. The van der Waals surface area contributed by atoms with Crippen molar-refractivity contribution in [1.29, 1.82) is 0 Å². The topological polar surface area (TPSA) is 65.6 Å². The molecule has 0 N–H and O–H groups in total. The van der Waals surface area contributed by atoms with Gasteiger partial charge in [0.2, 0.25) is 12.7 Å². The molecule has 3 aliphatic rings. The monoisotopic (exact) mass is 548 g/mol. The molecule has 0 aliphatic carbocycles. The first-order valence-electron chi connectivity index (χ1n) is 14.9. The van der Waals surface area contributed by atoms with Crippen molar-refractivity contribution >= 4 is 11.8 Å². The molecule has 0 aromatic heterocycles. The van der Waals surface area contributed by atoms with Gasteiger partial charge in [-0.15, -0.1) is 0 Å². The van der Waals surface area contributed by atoms with Gasteiger partial charge in [-0.3, -0.25) is 14.5 Å². The maximum absolute atomic E-state index is 13.7. The Hall–Kier alpha value is -3.10. The standard InChI is InChI=1S/C32H44N4O4/c1-4-5-15-34(16-8-14-33(2)3)31(37)22-36-21-26(24-11-12-29-30(19-24)40-23-39-29)18-27(36)13-17-35-20-25-9-6-7-10-28(25)32(35)38/h6-7,9-12,19,26-27H,4-5,8,13-18,20-23H2,1-3H3/t26-,27+/m1/s1. The van der Waals surface area contributed by atoms with E-state index in [9.17, 15) is 9.59 Å². The molecule has 0 bridgehead atoms. The summed E-state index contributed by atoms with van der Waals surface area (Å²) in [5, 5.41) is 0. The Bertz CT molecular complexity index is 1190. The molecule has 2 aromatic rings. The molecular weight excluding hydrogens is 504 g/mol. The van der Waals surface area contributed by atoms with Crippen molar-refractivity contribution in [2.24, 2.45) is 0 Å². The average Bonchev–Trinajstić information content (AvgIpc) is 3.66. The Morgan fingerprint density at radius 1 is 1.02 bits per heavy atom. The highest BCUT2D eigenvalue weighted by Gasteiger charge is 2.36. The molecule has 0 radical (unpaired) electrons. The van der Waals surface area contributed by atoms with E-state index in [1.807, 2.05) is 35.2 Å². The predicted molar refractivity (Wildman–Crippen MR) is 156 cm³/mol. The zero-order valence-corrected chi connectivity index (χ0v) is 24.3. The molecule has 2 amide bonds. The summed E-state index contributed by atoms with van der Waals surface area (Å²) in [4.78, 5) is 35.2. The zero-order chi connectivity index (χ0) is 28.1. The highest BCUT2D eigenvalue weighted by Crippen LogP contribution is 2.39. The van der Waals surface area contributed by atoms with Crippen molar-refractivity contribution in [3.8, 4) is 11.5 Å². The average molecular weight is 549 g/mol. The van der Waals surface area contributed by atoms with E-state index in [0.717, 1.165) is 80.9 Å². The number of ether oxygens (including phenoxy) is 2. The molecule has 2 aromatic carbocycles. The van der Waals surface area contributed by atoms with Crippen molar-refractivity contribution in [3.05, 3.63) is 59.2 Å². The number of unbranched alkanes of at least 4 members (excludes halogenated alkanes) is 1. The molecule has 8 heteroatoms. The number of hydrogen-bond donors (Lipinski definition) is 0. The van der Waals surface area contributed by atoms with Gasteiger partial charge in [-0.05, 0) is 81.6 Å². The van der Waals surface area contributed by atoms with Crippen LogP contribution in [-0.2, 0) is 11.3 Å². The number of carbonyl (C=O) groups is 2. The maximum atomic E-state index is 13.7. The van der Waals surface area contributed by atoms with E-state index in [1.165, 1.54) is 5.56 Å². The van der Waals surface area contributed by atoms with Crippen molar-refractivity contribution in [2.75, 3.05) is 60.2 Å². The van der Waals surface area contributed by atoms with Crippen LogP contribution in [0.5, 0.6) is 11.5 Å². The van der Waals surface area contributed by atoms with Crippen LogP contribution in [0.3, 0.4) is 0 Å². The first kappa shape index (κ1) is 28.4. The largest absolute Gasteiger partial charge is 0.454 e. The van der Waals surface area contributed by atoms with Gasteiger partial charge in [0.1, 0.15) is 0 Å². The second-order valence-electron chi connectivity index (χ2n) is 11.7. The highest BCUT2D eigenvalue weighted by atomic mass is 16.7. The van der Waals surface area contributed by atoms with Gasteiger partial charge >= 0.3 is 0 Å². The van der Waals surface area contributed by atoms with E-state index < -0.39 is 0 Å². The number of hydrogen-bond acceptors (Lipinski definition) is 6. The number of likely N-dealkylation sites (tertiary alicyclic amines) is 1. The first-order valence-corrected chi connectivity index (χ1v) is 14.9. The van der Waals surface area contributed by atoms with Crippen molar-refractivity contribution in [1.82, 2.24) is 19.6 Å². The number of nitrogens with zero attached hydrogens (tertiary/aromatic N) is 4. The SMILES string of the molecule is CCCCN(CCCN(C)C)C(=O)CN1C[C@H](c2ccc3c(c2)OCO3)C[C@@H]1CCN1Cc2ccccc2C1=O. The summed E-state index contributed by atoms with van der Waals surface area (Å²) >= 11 is 0. The van der Waals surface area contributed by atoms with Gasteiger partial charge in [0.25, 0.3) is 5.91 Å². The summed E-state index contributed by atoms with van der Waals surface area (Å²) in [7, 11) is 4.15. The Balaban J connectivity index is 1.27. The summed E-state index contributed by atoms with van der Waals surface area (Å²) in [6, 6.07) is 14.4. The fourth-order valence-electron chi connectivity index (χ4n) is 6.25. The third-order valence-electron chi connectivity index (χ3n) is 8.53. The minimum Gasteiger partial charge on any atom is -0.454 e. The van der Waals surface area contributed by atoms with Crippen LogP contribution < -0.4 is 9.47 Å². The summed E-state index contributed by atoms with van der Waals surface area (Å²) in [5.74, 6) is 2.23. The molecule has 216 valence electrons. The number of amides is 2. The van der Waals surface area contributed by atoms with Crippen LogP contribution in [0.25, 0.3) is 0 Å². The molecule has 1 saturated heterocycles. The van der Waals surface area contributed by atoms with Crippen LogP contribution in [0.15, 0.2) is 42.5 Å². The molecule has 0 saturated carbocycles. The molecule has 0 spiro atoms. The number of carbonyl (C=O) groups excluding carboxylic acids is 2. The Labute approximate surface area is 238 Å². The number of fused-ring (bicyclic) bond motifs is 2. The summed E-state index contributed by atoms with van der Waals surface area (Å²) in [6.07, 6.45) is 4.88. The van der Waals surface area contributed by atoms with E-state index in [1.54, 1.807) is 0 Å². The second-order valence-corrected chi connectivity index (χ2v) is 11.7. The lowest BCUT2D eigenvalue weighted by Gasteiger charge is -2.30. The number of rotatable bonds is 13. The lowest BCUT2D eigenvalue weighted by molar-refractivity contribution is -0.132. The molecule has 5 rings (SSSR count). The van der Waals surface area contributed by atoms with Gasteiger partial charge < -0.3 is 24.2 Å². The lowest BCUT2D eigenvalue weighted by Crippen LogP contribution is -2.44. The van der Waals surface area contributed by atoms with Crippen LogP contribution >= 0.6 is 0 Å². The van der Waals surface area contributed by atoms with Gasteiger partial charge in [-0.2, -0.15) is 0 Å². The van der Waals surface area contributed by atoms with Gasteiger partial charge in [-0.25, -0.2) is 0 Å². The third kappa shape index (κ3) is 6.61. The molecular formula is C32H44N4O4. The van der Waals surface area contributed by atoms with Gasteiger partial charge in [0, 0.05) is 44.3 Å². The Morgan fingerprint density at radius 3 is 2.62 bits per heavy atom. The van der Waals surface area contributed by atoms with Crippen LogP contribution in [0.4, 0.5) is 0 Å². The smallest absolute Gasteiger partial charge is 0.254 e. The van der Waals surface area contributed by atoms with Crippen LogP contribution in [0.2, 0.25) is 0 Å². The fraction of sp³-hybridized carbons (Fsp3) is 0.562. The minimum absolute atomic E-state index is 0.121. The molecule has 8 nitrogen and oxygen atoms in total. The summed E-state index contributed by atoms with van der Waals surface area (Å²) in [5.41, 5.74) is 3.15. The second kappa shape index (κ2) is 13.0. The van der Waals surface area contributed by atoms with Crippen molar-refractivity contribution in [3.63, 3.8) is 0 Å². The zero-order valence-electron chi connectivity index (χ0n) is 24.3. The molecule has 1 fully saturated rings. The Kier molecular flexibility index (Phi) is 9.27. The van der Waals surface area contributed by atoms with E-state index >= 15 is 0 Å². The van der Waals surface area contributed by atoms with E-state index in [4.69, 9.17) is 9.47 Å². The predicted octanol–water partition coefficient (Wildman–Crippen LogP) is 4.20. The van der Waals surface area contributed by atoms with E-state index in [-0.39, 0.29) is 24.6 Å². The molecule has 3 heterocycles. The first-order chi connectivity index (χ1) is 19.4. The minimum atomic E-state index is 0.121. The number of benzene rings is 2. The molecule has 40 heavy (non-hydrogen) atoms. The van der Waals surface area contributed by atoms with Crippen LogP contribution in [-0.4, -0.2) is 97.6 Å².